The minimum atomic E-state index is 0.129. The number of rotatable bonds is 6. The van der Waals surface area contributed by atoms with Crippen LogP contribution in [0.1, 0.15) is 104 Å². The van der Waals surface area contributed by atoms with E-state index >= 15 is 0 Å². The summed E-state index contributed by atoms with van der Waals surface area (Å²) in [6.07, 6.45) is 0. The van der Waals surface area contributed by atoms with Crippen molar-refractivity contribution >= 4 is 17.1 Å². The fourth-order valence-electron chi connectivity index (χ4n) is 3.25. The molecule has 0 N–H and O–H groups in total. The van der Waals surface area contributed by atoms with Gasteiger partial charge in [-0.3, -0.25) is 9.98 Å². The van der Waals surface area contributed by atoms with Gasteiger partial charge >= 0.3 is 0 Å². The van der Waals surface area contributed by atoms with Crippen molar-refractivity contribution in [2.75, 3.05) is 0 Å². The van der Waals surface area contributed by atoms with E-state index in [1.165, 1.54) is 11.1 Å². The number of para-hydroxylation sites is 1. The SMILES string of the molecule is CC(=Nc1c(C(C)C)cccc1C(C)C)c1cccc(C(C)=N[C@@H](C)C(C)(C)C)n1. The predicted octanol–water partition coefficient (Wildman–Crippen LogP) is 7.71. The lowest BCUT2D eigenvalue weighted by Crippen LogP contribution is -2.22. The molecule has 0 saturated heterocycles. The predicted molar refractivity (Wildman–Crippen MR) is 132 cm³/mol. The molecule has 30 heavy (non-hydrogen) atoms. The van der Waals surface area contributed by atoms with Crippen molar-refractivity contribution in [3.05, 3.63) is 58.9 Å². The Morgan fingerprint density at radius 1 is 0.767 bits per heavy atom. The first-order valence-electron chi connectivity index (χ1n) is 11.1. The van der Waals surface area contributed by atoms with Gasteiger partial charge in [-0.15, -0.1) is 0 Å². The molecule has 0 fully saturated rings. The van der Waals surface area contributed by atoms with Gasteiger partial charge in [-0.2, -0.15) is 0 Å². The van der Waals surface area contributed by atoms with E-state index in [1.54, 1.807) is 0 Å². The first-order chi connectivity index (χ1) is 13.9. The summed E-state index contributed by atoms with van der Waals surface area (Å²) in [6.45, 7) is 21.8. The summed E-state index contributed by atoms with van der Waals surface area (Å²) in [7, 11) is 0. The van der Waals surface area contributed by atoms with Crippen molar-refractivity contribution in [1.82, 2.24) is 4.98 Å². The van der Waals surface area contributed by atoms with Gasteiger partial charge in [0, 0.05) is 0 Å². The van der Waals surface area contributed by atoms with E-state index in [4.69, 9.17) is 15.0 Å². The third kappa shape index (κ3) is 5.87. The zero-order chi connectivity index (χ0) is 22.6. The highest BCUT2D eigenvalue weighted by Gasteiger charge is 2.19. The molecule has 1 heterocycles. The molecule has 162 valence electrons. The molecule has 1 aromatic carbocycles. The number of nitrogens with zero attached hydrogens (tertiary/aromatic N) is 3. The smallest absolute Gasteiger partial charge is 0.0849 e. The molecule has 0 radical (unpaired) electrons. The van der Waals surface area contributed by atoms with Crippen molar-refractivity contribution in [3.63, 3.8) is 0 Å². The second kappa shape index (κ2) is 9.68. The lowest BCUT2D eigenvalue weighted by Gasteiger charge is -2.24. The number of benzene rings is 1. The van der Waals surface area contributed by atoms with Crippen LogP contribution in [0, 0.1) is 5.41 Å². The largest absolute Gasteiger partial charge is 0.284 e. The molecule has 0 spiro atoms. The normalized spacial score (nSPS) is 14.5. The number of hydrogen-bond acceptors (Lipinski definition) is 3. The first kappa shape index (κ1) is 24.0. The van der Waals surface area contributed by atoms with Crippen molar-refractivity contribution in [2.45, 2.75) is 87.1 Å². The second-order valence-electron chi connectivity index (χ2n) is 9.96. The zero-order valence-electron chi connectivity index (χ0n) is 20.5. The Bertz CT molecular complexity index is 901. The maximum atomic E-state index is 5.09. The van der Waals surface area contributed by atoms with Crippen LogP contribution in [0.15, 0.2) is 46.4 Å². The third-order valence-corrected chi connectivity index (χ3v) is 5.75. The minimum absolute atomic E-state index is 0.129. The average molecular weight is 406 g/mol. The topological polar surface area (TPSA) is 37.6 Å². The Hall–Kier alpha value is -2.29. The third-order valence-electron chi connectivity index (χ3n) is 5.75. The summed E-state index contributed by atoms with van der Waals surface area (Å²) in [5, 5.41) is 0. The van der Waals surface area contributed by atoms with Gasteiger partial charge in [0.1, 0.15) is 0 Å². The molecule has 2 rings (SSSR count). The van der Waals surface area contributed by atoms with Crippen molar-refractivity contribution in [2.24, 2.45) is 15.4 Å². The van der Waals surface area contributed by atoms with Gasteiger partial charge in [0.25, 0.3) is 0 Å². The van der Waals surface area contributed by atoms with Crippen LogP contribution in [-0.4, -0.2) is 22.4 Å². The van der Waals surface area contributed by atoms with Crippen molar-refractivity contribution in [1.29, 1.82) is 0 Å². The maximum absolute atomic E-state index is 5.09. The molecular formula is C27H39N3. The summed E-state index contributed by atoms with van der Waals surface area (Å²) in [5.41, 5.74) is 7.52. The maximum Gasteiger partial charge on any atom is 0.0849 e. The Morgan fingerprint density at radius 2 is 1.23 bits per heavy atom. The molecule has 3 heteroatoms. The Morgan fingerprint density at radius 3 is 1.70 bits per heavy atom. The average Bonchev–Trinajstić information content (AvgIpc) is 2.66. The van der Waals surface area contributed by atoms with Crippen LogP contribution in [-0.2, 0) is 0 Å². The zero-order valence-corrected chi connectivity index (χ0v) is 20.5. The van der Waals surface area contributed by atoms with Crippen molar-refractivity contribution < 1.29 is 0 Å². The summed E-state index contributed by atoms with van der Waals surface area (Å²) in [6, 6.07) is 12.9. The monoisotopic (exact) mass is 405 g/mol. The van der Waals surface area contributed by atoms with Crippen LogP contribution in [0.2, 0.25) is 0 Å². The number of aromatic nitrogens is 1. The van der Waals surface area contributed by atoms with E-state index in [0.717, 1.165) is 28.5 Å². The van der Waals surface area contributed by atoms with Gasteiger partial charge < -0.3 is 0 Å². The van der Waals surface area contributed by atoms with Gasteiger partial charge in [-0.25, -0.2) is 4.98 Å². The molecule has 2 aromatic rings. The lowest BCUT2D eigenvalue weighted by molar-refractivity contribution is 0.342. The highest BCUT2D eigenvalue weighted by molar-refractivity contribution is 6.01. The van der Waals surface area contributed by atoms with Crippen molar-refractivity contribution in [3.8, 4) is 0 Å². The Balaban J connectivity index is 2.49. The van der Waals surface area contributed by atoms with Crippen LogP contribution in [0.4, 0.5) is 5.69 Å². The molecule has 0 saturated carbocycles. The molecule has 1 atom stereocenters. The van der Waals surface area contributed by atoms with E-state index < -0.39 is 0 Å². The van der Waals surface area contributed by atoms with Crippen LogP contribution in [0.25, 0.3) is 0 Å². The highest BCUT2D eigenvalue weighted by atomic mass is 14.9. The van der Waals surface area contributed by atoms with E-state index in [1.807, 2.05) is 19.1 Å². The van der Waals surface area contributed by atoms with Crippen LogP contribution in [0.3, 0.4) is 0 Å². The molecule has 0 bridgehead atoms. The first-order valence-corrected chi connectivity index (χ1v) is 11.1. The van der Waals surface area contributed by atoms with E-state index in [0.29, 0.717) is 11.8 Å². The van der Waals surface area contributed by atoms with Gasteiger partial charge in [0.2, 0.25) is 0 Å². The van der Waals surface area contributed by atoms with E-state index in [9.17, 15) is 0 Å². The standard InChI is InChI=1S/C27H39N3/c1-17(2)22-13-11-14-23(18(3)4)26(22)29-20(6)25-16-12-15-24(30-25)19(5)28-21(7)27(8,9)10/h11-18,21H,1-10H3/t21-/m0/s1. The summed E-state index contributed by atoms with van der Waals surface area (Å²) >= 11 is 0. The molecule has 0 unspecified atom stereocenters. The number of pyridine rings is 1. The fourth-order valence-corrected chi connectivity index (χ4v) is 3.25. The fraction of sp³-hybridized carbons (Fsp3) is 0.519. The minimum Gasteiger partial charge on any atom is -0.284 e. The molecule has 0 aliphatic heterocycles. The molecule has 0 aliphatic carbocycles. The van der Waals surface area contributed by atoms with Crippen LogP contribution < -0.4 is 0 Å². The van der Waals surface area contributed by atoms with Gasteiger partial charge in [0.15, 0.2) is 0 Å². The van der Waals surface area contributed by atoms with Crippen LogP contribution in [0.5, 0.6) is 0 Å². The molecule has 0 amide bonds. The summed E-state index contributed by atoms with van der Waals surface area (Å²) < 4.78 is 0. The van der Waals surface area contributed by atoms with Crippen LogP contribution >= 0.6 is 0 Å². The quantitative estimate of drug-likeness (QED) is 0.453. The Labute approximate surface area is 183 Å². The number of hydrogen-bond donors (Lipinski definition) is 0. The number of aliphatic imine (C=N–C) groups is 2. The Kier molecular flexibility index (Phi) is 7.74. The van der Waals surface area contributed by atoms with Gasteiger partial charge in [-0.1, -0.05) is 72.7 Å². The summed E-state index contributed by atoms with van der Waals surface area (Å²) in [5.74, 6) is 0.839. The van der Waals surface area contributed by atoms with E-state index in [-0.39, 0.29) is 11.5 Å². The highest BCUT2D eigenvalue weighted by Crippen LogP contribution is 2.35. The van der Waals surface area contributed by atoms with Gasteiger partial charge in [0.05, 0.1) is 34.5 Å². The van der Waals surface area contributed by atoms with E-state index in [2.05, 4.69) is 86.6 Å². The molecule has 1 aromatic heterocycles. The molecule has 0 aliphatic rings. The summed E-state index contributed by atoms with van der Waals surface area (Å²) in [4.78, 5) is 14.9. The van der Waals surface area contributed by atoms with Gasteiger partial charge in [-0.05, 0) is 61.3 Å². The molecular weight excluding hydrogens is 366 g/mol. The second-order valence-corrected chi connectivity index (χ2v) is 9.96. The molecule has 3 nitrogen and oxygen atoms in total. The lowest BCUT2D eigenvalue weighted by atomic mass is 9.88.